The fourth-order valence-corrected chi connectivity index (χ4v) is 2.14. The molecule has 0 aliphatic carbocycles. The summed E-state index contributed by atoms with van der Waals surface area (Å²) in [4.78, 5) is 2.00. The van der Waals surface area contributed by atoms with Crippen molar-refractivity contribution in [3.63, 3.8) is 0 Å². The molecule has 1 aliphatic rings. The summed E-state index contributed by atoms with van der Waals surface area (Å²) in [6.07, 6.45) is 4.38. The first kappa shape index (κ1) is 11.7. The monoisotopic (exact) mass is 245 g/mol. The van der Waals surface area contributed by atoms with E-state index < -0.39 is 0 Å². The zero-order valence-corrected chi connectivity index (χ0v) is 9.86. The number of halogens is 1. The standard InChI is InChI=1S/C10H16ClN3O2/c11-6-9-12-13-10(16-9)14-5-3-1-2-4-8(14)7-15/h8,15H,1-7H2. The Morgan fingerprint density at radius 2 is 2.25 bits per heavy atom. The average Bonchev–Trinajstić information content (AvgIpc) is 2.66. The maximum Gasteiger partial charge on any atom is 0.318 e. The summed E-state index contributed by atoms with van der Waals surface area (Å²) in [6.45, 7) is 0.980. The van der Waals surface area contributed by atoms with Crippen molar-refractivity contribution < 1.29 is 9.52 Å². The van der Waals surface area contributed by atoms with E-state index >= 15 is 0 Å². The highest BCUT2D eigenvalue weighted by Gasteiger charge is 2.24. The fraction of sp³-hybridized carbons (Fsp3) is 0.800. The summed E-state index contributed by atoms with van der Waals surface area (Å²) in [5, 5.41) is 17.2. The Kier molecular flexibility index (Phi) is 4.01. The van der Waals surface area contributed by atoms with Gasteiger partial charge in [0.05, 0.1) is 12.6 Å². The number of hydrogen-bond donors (Lipinski definition) is 1. The van der Waals surface area contributed by atoms with Crippen molar-refractivity contribution in [3.8, 4) is 0 Å². The second-order valence-corrected chi connectivity index (χ2v) is 4.26. The number of nitrogens with zero attached hydrogens (tertiary/aromatic N) is 3. The molecule has 0 aromatic carbocycles. The molecule has 1 saturated heterocycles. The summed E-state index contributed by atoms with van der Waals surface area (Å²) in [5.41, 5.74) is 0. The van der Waals surface area contributed by atoms with Crippen LogP contribution >= 0.6 is 11.6 Å². The van der Waals surface area contributed by atoms with Crippen LogP contribution in [0, 0.1) is 0 Å². The number of aliphatic hydroxyl groups excluding tert-OH is 1. The van der Waals surface area contributed by atoms with Crippen LogP contribution in [0.4, 0.5) is 6.01 Å². The van der Waals surface area contributed by atoms with Gasteiger partial charge in [0.2, 0.25) is 5.89 Å². The summed E-state index contributed by atoms with van der Waals surface area (Å²) in [6, 6.07) is 0.572. The predicted molar refractivity (Wildman–Crippen MR) is 60.5 cm³/mol. The van der Waals surface area contributed by atoms with Gasteiger partial charge in [0.1, 0.15) is 5.88 Å². The summed E-state index contributed by atoms with van der Waals surface area (Å²) < 4.78 is 5.42. The van der Waals surface area contributed by atoms with Gasteiger partial charge in [-0.2, -0.15) is 0 Å². The number of aromatic nitrogens is 2. The third-order valence-corrected chi connectivity index (χ3v) is 3.13. The van der Waals surface area contributed by atoms with Gasteiger partial charge in [-0.25, -0.2) is 0 Å². The zero-order chi connectivity index (χ0) is 11.4. The van der Waals surface area contributed by atoms with Gasteiger partial charge in [0, 0.05) is 6.54 Å². The average molecular weight is 246 g/mol. The third kappa shape index (κ3) is 2.47. The minimum absolute atomic E-state index is 0.0890. The summed E-state index contributed by atoms with van der Waals surface area (Å²) in [7, 11) is 0. The van der Waals surface area contributed by atoms with Gasteiger partial charge in [0.15, 0.2) is 0 Å². The SMILES string of the molecule is OCC1CCCCCN1c1nnc(CCl)o1. The highest BCUT2D eigenvalue weighted by atomic mass is 35.5. The topological polar surface area (TPSA) is 62.4 Å². The van der Waals surface area contributed by atoms with Crippen LogP contribution in [0.25, 0.3) is 0 Å². The first-order chi connectivity index (χ1) is 7.85. The Morgan fingerprint density at radius 3 is 2.94 bits per heavy atom. The van der Waals surface area contributed by atoms with E-state index in [4.69, 9.17) is 16.0 Å². The predicted octanol–water partition coefficient (Wildman–Crippen LogP) is 1.55. The molecule has 5 nitrogen and oxygen atoms in total. The smallest absolute Gasteiger partial charge is 0.318 e. The number of rotatable bonds is 3. The van der Waals surface area contributed by atoms with E-state index in [-0.39, 0.29) is 18.5 Å². The molecular formula is C10H16ClN3O2. The highest BCUT2D eigenvalue weighted by Crippen LogP contribution is 2.23. The molecule has 0 bridgehead atoms. The second kappa shape index (κ2) is 5.50. The minimum atomic E-state index is 0.0890. The largest absolute Gasteiger partial charge is 0.407 e. The molecule has 1 atom stereocenters. The Hall–Kier alpha value is -0.810. The van der Waals surface area contributed by atoms with Crippen molar-refractivity contribution in [1.29, 1.82) is 0 Å². The van der Waals surface area contributed by atoms with Crippen LogP contribution in [-0.4, -0.2) is 34.5 Å². The molecule has 1 aromatic heterocycles. The van der Waals surface area contributed by atoms with E-state index in [9.17, 15) is 5.11 Å². The Balaban J connectivity index is 2.14. The molecule has 2 rings (SSSR count). The fourth-order valence-electron chi connectivity index (χ4n) is 2.03. The highest BCUT2D eigenvalue weighted by molar-refractivity contribution is 6.16. The lowest BCUT2D eigenvalue weighted by Gasteiger charge is -2.26. The van der Waals surface area contributed by atoms with Crippen molar-refractivity contribution in [2.24, 2.45) is 0 Å². The van der Waals surface area contributed by atoms with Gasteiger partial charge in [-0.3, -0.25) is 0 Å². The van der Waals surface area contributed by atoms with Crippen LogP contribution in [-0.2, 0) is 5.88 Å². The zero-order valence-electron chi connectivity index (χ0n) is 9.10. The van der Waals surface area contributed by atoms with Crippen molar-refractivity contribution in [2.75, 3.05) is 18.1 Å². The maximum atomic E-state index is 9.35. The molecular weight excluding hydrogens is 230 g/mol. The molecule has 2 heterocycles. The Morgan fingerprint density at radius 1 is 1.38 bits per heavy atom. The number of anilines is 1. The van der Waals surface area contributed by atoms with E-state index in [1.54, 1.807) is 0 Å². The van der Waals surface area contributed by atoms with Crippen LogP contribution < -0.4 is 4.90 Å². The molecule has 1 aromatic rings. The normalized spacial score (nSPS) is 22.1. The van der Waals surface area contributed by atoms with Crippen molar-refractivity contribution >= 4 is 17.6 Å². The lowest BCUT2D eigenvalue weighted by Crippen LogP contribution is -2.37. The Labute approximate surface area is 99.4 Å². The molecule has 1 N–H and O–H groups in total. The summed E-state index contributed by atoms with van der Waals surface area (Å²) >= 11 is 5.62. The molecule has 0 radical (unpaired) electrons. The third-order valence-electron chi connectivity index (χ3n) is 2.90. The Bertz CT molecular complexity index is 332. The van der Waals surface area contributed by atoms with Gasteiger partial charge < -0.3 is 14.4 Å². The number of alkyl halides is 1. The van der Waals surface area contributed by atoms with Crippen molar-refractivity contribution in [3.05, 3.63) is 5.89 Å². The molecule has 1 aliphatic heterocycles. The maximum absolute atomic E-state index is 9.35. The summed E-state index contributed by atoms with van der Waals surface area (Å²) in [5.74, 6) is 0.655. The van der Waals surface area contributed by atoms with E-state index in [0.29, 0.717) is 11.9 Å². The molecule has 0 amide bonds. The molecule has 0 spiro atoms. The van der Waals surface area contributed by atoms with Crippen molar-refractivity contribution in [1.82, 2.24) is 10.2 Å². The van der Waals surface area contributed by atoms with Crippen LogP contribution in [0.2, 0.25) is 0 Å². The van der Waals surface area contributed by atoms with Gasteiger partial charge in [0.25, 0.3) is 0 Å². The van der Waals surface area contributed by atoms with E-state index in [1.165, 1.54) is 6.42 Å². The van der Waals surface area contributed by atoms with E-state index in [0.717, 1.165) is 25.8 Å². The molecule has 6 heteroatoms. The molecule has 90 valence electrons. The molecule has 1 unspecified atom stereocenters. The molecule has 16 heavy (non-hydrogen) atoms. The van der Waals surface area contributed by atoms with Crippen molar-refractivity contribution in [2.45, 2.75) is 37.6 Å². The van der Waals surface area contributed by atoms with Crippen LogP contribution in [0.3, 0.4) is 0 Å². The lowest BCUT2D eigenvalue weighted by molar-refractivity contribution is 0.250. The van der Waals surface area contributed by atoms with E-state index in [1.807, 2.05) is 4.90 Å². The first-order valence-corrected chi connectivity index (χ1v) is 6.14. The van der Waals surface area contributed by atoms with Gasteiger partial charge in [-0.05, 0) is 12.8 Å². The number of hydrogen-bond acceptors (Lipinski definition) is 5. The second-order valence-electron chi connectivity index (χ2n) is 3.99. The quantitative estimate of drug-likeness (QED) is 0.819. The van der Waals surface area contributed by atoms with E-state index in [2.05, 4.69) is 10.2 Å². The van der Waals surface area contributed by atoms with Gasteiger partial charge in [-0.15, -0.1) is 16.7 Å². The lowest BCUT2D eigenvalue weighted by atomic mass is 10.1. The molecule has 1 fully saturated rings. The van der Waals surface area contributed by atoms with Crippen LogP contribution in [0.5, 0.6) is 0 Å². The van der Waals surface area contributed by atoms with Crippen LogP contribution in [0.1, 0.15) is 31.6 Å². The van der Waals surface area contributed by atoms with Crippen LogP contribution in [0.15, 0.2) is 4.42 Å². The number of aliphatic hydroxyl groups is 1. The first-order valence-electron chi connectivity index (χ1n) is 5.61. The molecule has 0 saturated carbocycles. The van der Waals surface area contributed by atoms with Gasteiger partial charge >= 0.3 is 6.01 Å². The minimum Gasteiger partial charge on any atom is -0.407 e. The van der Waals surface area contributed by atoms with Gasteiger partial charge in [-0.1, -0.05) is 17.9 Å².